The summed E-state index contributed by atoms with van der Waals surface area (Å²) in [6.07, 6.45) is 6.40. The molecule has 0 aromatic heterocycles. The third-order valence-electron chi connectivity index (χ3n) is 1.19. The van der Waals surface area contributed by atoms with Crippen molar-refractivity contribution in [3.05, 3.63) is 12.7 Å². The number of hydrogen-bond donors (Lipinski definition) is 0. The highest BCUT2D eigenvalue weighted by Gasteiger charge is 1.85. The summed E-state index contributed by atoms with van der Waals surface area (Å²) in [6.45, 7) is 5.42. The summed E-state index contributed by atoms with van der Waals surface area (Å²) in [5.41, 5.74) is 0. The van der Waals surface area contributed by atoms with Gasteiger partial charge in [-0.25, -0.2) is 0 Å². The van der Waals surface area contributed by atoms with E-state index in [0.29, 0.717) is 0 Å². The number of allylic oxidation sites excluding steroid dienone is 1. The maximum Gasteiger partial charge on any atom is 0.0469 e. The third kappa shape index (κ3) is 8.13. The lowest BCUT2D eigenvalue weighted by molar-refractivity contribution is 0.133. The summed E-state index contributed by atoms with van der Waals surface area (Å²) < 4.78 is 5.32. The highest BCUT2D eigenvalue weighted by Crippen LogP contribution is 1.93. The van der Waals surface area contributed by atoms with E-state index in [-0.39, 0.29) is 0 Å². The molecule has 0 N–H and O–H groups in total. The van der Waals surface area contributed by atoms with E-state index in [9.17, 15) is 0 Å². The second kappa shape index (κ2) is 9.13. The van der Waals surface area contributed by atoms with Gasteiger partial charge in [-0.3, -0.25) is 0 Å². The minimum atomic E-state index is 0.886. The largest absolute Gasteiger partial charge is 0.381 e. The lowest BCUT2D eigenvalue weighted by Crippen LogP contribution is -1.96. The summed E-state index contributed by atoms with van der Waals surface area (Å²) in [6, 6.07) is 0. The summed E-state index contributed by atoms with van der Waals surface area (Å²) in [7, 11) is 2.69. The van der Waals surface area contributed by atoms with Crippen molar-refractivity contribution in [1.29, 1.82) is 0 Å². The Morgan fingerprint density at radius 3 is 2.60 bits per heavy atom. The zero-order valence-electron chi connectivity index (χ0n) is 6.51. The molecule has 0 radical (unpaired) electrons. The van der Waals surface area contributed by atoms with Crippen molar-refractivity contribution >= 4 is 9.24 Å². The van der Waals surface area contributed by atoms with Crippen LogP contribution in [0.25, 0.3) is 0 Å². The van der Waals surface area contributed by atoms with Crippen LogP contribution in [0.4, 0.5) is 0 Å². The van der Waals surface area contributed by atoms with E-state index in [0.717, 1.165) is 38.6 Å². The highest BCUT2D eigenvalue weighted by atomic mass is 31.0. The summed E-state index contributed by atoms with van der Waals surface area (Å²) in [5.74, 6) is 0. The van der Waals surface area contributed by atoms with Crippen molar-refractivity contribution in [2.75, 3.05) is 19.4 Å². The van der Waals surface area contributed by atoms with Gasteiger partial charge < -0.3 is 4.74 Å². The zero-order valence-corrected chi connectivity index (χ0v) is 7.67. The van der Waals surface area contributed by atoms with E-state index in [1.54, 1.807) is 0 Å². The quantitative estimate of drug-likeness (QED) is 0.315. The molecule has 0 amide bonds. The molecule has 0 aliphatic heterocycles. The van der Waals surface area contributed by atoms with Gasteiger partial charge in [-0.15, -0.1) is 15.8 Å². The molecule has 0 aliphatic carbocycles. The Kier molecular flexibility index (Phi) is 9.25. The van der Waals surface area contributed by atoms with E-state index in [1.807, 2.05) is 6.08 Å². The Morgan fingerprint density at radius 2 is 2.00 bits per heavy atom. The predicted molar refractivity (Wildman–Crippen MR) is 49.4 cm³/mol. The molecule has 0 aromatic carbocycles. The predicted octanol–water partition coefficient (Wildman–Crippen LogP) is 2.23. The first-order valence-corrected chi connectivity index (χ1v) is 4.62. The summed E-state index contributed by atoms with van der Waals surface area (Å²) in [4.78, 5) is 0. The highest BCUT2D eigenvalue weighted by molar-refractivity contribution is 7.16. The van der Waals surface area contributed by atoms with E-state index in [2.05, 4.69) is 15.8 Å². The van der Waals surface area contributed by atoms with Gasteiger partial charge in [0.15, 0.2) is 0 Å². The molecule has 0 rings (SSSR count). The second-order valence-corrected chi connectivity index (χ2v) is 2.76. The summed E-state index contributed by atoms with van der Waals surface area (Å²) in [5, 5.41) is 0. The molecule has 0 saturated heterocycles. The first-order valence-electron chi connectivity index (χ1n) is 3.80. The Labute approximate surface area is 66.0 Å². The standard InChI is InChI=1S/C8H17OP/c1-2-3-4-6-9-7-5-8-10/h2H,1,3-8,10H2. The van der Waals surface area contributed by atoms with Crippen LogP contribution in [0.1, 0.15) is 19.3 Å². The molecular weight excluding hydrogens is 143 g/mol. The van der Waals surface area contributed by atoms with Gasteiger partial charge in [0, 0.05) is 13.2 Å². The van der Waals surface area contributed by atoms with Crippen LogP contribution in [-0.2, 0) is 4.74 Å². The molecule has 0 fully saturated rings. The van der Waals surface area contributed by atoms with E-state index < -0.39 is 0 Å². The van der Waals surface area contributed by atoms with Gasteiger partial charge in [0.25, 0.3) is 0 Å². The van der Waals surface area contributed by atoms with Crippen molar-refractivity contribution < 1.29 is 4.74 Å². The fourth-order valence-electron chi connectivity index (χ4n) is 0.617. The van der Waals surface area contributed by atoms with Gasteiger partial charge in [0.2, 0.25) is 0 Å². The van der Waals surface area contributed by atoms with Crippen LogP contribution in [0.15, 0.2) is 12.7 Å². The molecule has 60 valence electrons. The average molecular weight is 160 g/mol. The lowest BCUT2D eigenvalue weighted by Gasteiger charge is -1.99. The van der Waals surface area contributed by atoms with Crippen LogP contribution in [0.2, 0.25) is 0 Å². The van der Waals surface area contributed by atoms with Crippen molar-refractivity contribution in [2.45, 2.75) is 19.3 Å². The minimum absolute atomic E-state index is 0.886. The molecule has 1 nitrogen and oxygen atoms in total. The second-order valence-electron chi connectivity index (χ2n) is 2.19. The maximum absolute atomic E-state index is 5.32. The van der Waals surface area contributed by atoms with Crippen molar-refractivity contribution in [2.24, 2.45) is 0 Å². The number of unbranched alkanes of at least 4 members (excludes halogenated alkanes) is 1. The fourth-order valence-corrected chi connectivity index (χ4v) is 0.784. The first kappa shape index (κ1) is 10.1. The maximum atomic E-state index is 5.32. The lowest BCUT2D eigenvalue weighted by atomic mass is 10.3. The molecule has 0 bridgehead atoms. The molecule has 1 unspecified atom stereocenters. The van der Waals surface area contributed by atoms with Crippen LogP contribution >= 0.6 is 9.24 Å². The smallest absolute Gasteiger partial charge is 0.0469 e. The Bertz CT molecular complexity index is 73.7. The Hall–Kier alpha value is 0.130. The van der Waals surface area contributed by atoms with Crippen LogP contribution in [0, 0.1) is 0 Å². The molecular formula is C8H17OP. The van der Waals surface area contributed by atoms with E-state index in [1.165, 1.54) is 0 Å². The van der Waals surface area contributed by atoms with Crippen LogP contribution in [0.5, 0.6) is 0 Å². The number of rotatable bonds is 7. The Morgan fingerprint density at radius 1 is 1.30 bits per heavy atom. The molecule has 0 aromatic rings. The molecule has 0 heterocycles. The van der Waals surface area contributed by atoms with Gasteiger partial charge in [-0.2, -0.15) is 0 Å². The van der Waals surface area contributed by atoms with Gasteiger partial charge in [0.1, 0.15) is 0 Å². The summed E-state index contributed by atoms with van der Waals surface area (Å²) >= 11 is 0. The molecule has 2 heteroatoms. The van der Waals surface area contributed by atoms with Crippen molar-refractivity contribution in [3.8, 4) is 0 Å². The zero-order chi connectivity index (χ0) is 7.66. The van der Waals surface area contributed by atoms with E-state index >= 15 is 0 Å². The van der Waals surface area contributed by atoms with Crippen LogP contribution < -0.4 is 0 Å². The van der Waals surface area contributed by atoms with Gasteiger partial charge in [0.05, 0.1) is 0 Å². The van der Waals surface area contributed by atoms with Crippen molar-refractivity contribution in [3.63, 3.8) is 0 Å². The monoisotopic (exact) mass is 160 g/mol. The van der Waals surface area contributed by atoms with Crippen LogP contribution in [0.3, 0.4) is 0 Å². The first-order chi connectivity index (χ1) is 4.91. The topological polar surface area (TPSA) is 9.23 Å². The van der Waals surface area contributed by atoms with Gasteiger partial charge in [-0.1, -0.05) is 6.08 Å². The minimum Gasteiger partial charge on any atom is -0.381 e. The molecule has 0 saturated carbocycles. The molecule has 0 aliphatic rings. The molecule has 1 atom stereocenters. The fraction of sp³-hybridized carbons (Fsp3) is 0.750. The normalized spacial score (nSPS) is 9.70. The number of hydrogen-bond acceptors (Lipinski definition) is 1. The van der Waals surface area contributed by atoms with Gasteiger partial charge >= 0.3 is 0 Å². The van der Waals surface area contributed by atoms with Gasteiger partial charge in [-0.05, 0) is 25.4 Å². The van der Waals surface area contributed by atoms with Crippen LogP contribution in [-0.4, -0.2) is 19.4 Å². The Balaban J connectivity index is 2.70. The van der Waals surface area contributed by atoms with E-state index in [4.69, 9.17) is 4.74 Å². The van der Waals surface area contributed by atoms with Crippen molar-refractivity contribution in [1.82, 2.24) is 0 Å². The number of ether oxygens (including phenoxy) is 1. The molecule has 0 spiro atoms. The average Bonchev–Trinajstić information content (AvgIpc) is 1.97. The molecule has 10 heavy (non-hydrogen) atoms. The SMILES string of the molecule is C=CCCCOCCCP. The third-order valence-corrected chi connectivity index (χ3v) is 1.60.